The lowest BCUT2D eigenvalue weighted by molar-refractivity contribution is -0.134. The van der Waals surface area contributed by atoms with Crippen molar-refractivity contribution in [3.05, 3.63) is 0 Å². The maximum atomic E-state index is 11.8. The van der Waals surface area contributed by atoms with E-state index in [-0.39, 0.29) is 24.2 Å². The molecule has 0 aliphatic carbocycles. The van der Waals surface area contributed by atoms with Crippen LogP contribution in [0.15, 0.2) is 0 Å². The summed E-state index contributed by atoms with van der Waals surface area (Å²) in [7, 11) is 1.70. The standard InChI is InChI=1S/C10H18N2O3/c1-7(13)3-4-12(2)10(15)8-5-9(14)11-6-8/h7-8,13H,3-6H2,1-2H3,(H,11,14). The van der Waals surface area contributed by atoms with E-state index in [0.717, 1.165) is 0 Å². The van der Waals surface area contributed by atoms with Crippen LogP contribution in [0.3, 0.4) is 0 Å². The summed E-state index contributed by atoms with van der Waals surface area (Å²) in [5, 5.41) is 11.7. The third-order valence-electron chi connectivity index (χ3n) is 2.59. The summed E-state index contributed by atoms with van der Waals surface area (Å²) < 4.78 is 0. The van der Waals surface area contributed by atoms with E-state index in [0.29, 0.717) is 19.5 Å². The highest BCUT2D eigenvalue weighted by atomic mass is 16.3. The second-order valence-corrected chi connectivity index (χ2v) is 4.10. The first kappa shape index (κ1) is 12.0. The Morgan fingerprint density at radius 3 is 2.87 bits per heavy atom. The van der Waals surface area contributed by atoms with Crippen molar-refractivity contribution in [1.29, 1.82) is 0 Å². The smallest absolute Gasteiger partial charge is 0.227 e. The second-order valence-electron chi connectivity index (χ2n) is 4.10. The largest absolute Gasteiger partial charge is 0.393 e. The van der Waals surface area contributed by atoms with Gasteiger partial charge in [0, 0.05) is 26.6 Å². The minimum Gasteiger partial charge on any atom is -0.393 e. The SMILES string of the molecule is CC(O)CCN(C)C(=O)C1CNC(=O)C1. The molecule has 2 unspecified atom stereocenters. The van der Waals surface area contributed by atoms with Crippen LogP contribution in [0.5, 0.6) is 0 Å². The molecule has 2 atom stereocenters. The van der Waals surface area contributed by atoms with Crippen LogP contribution in [0.25, 0.3) is 0 Å². The van der Waals surface area contributed by atoms with Gasteiger partial charge in [-0.3, -0.25) is 9.59 Å². The quantitative estimate of drug-likeness (QED) is 0.653. The Morgan fingerprint density at radius 1 is 1.73 bits per heavy atom. The summed E-state index contributed by atoms with van der Waals surface area (Å²) in [6, 6.07) is 0. The molecule has 5 heteroatoms. The van der Waals surface area contributed by atoms with E-state index in [4.69, 9.17) is 5.11 Å². The molecule has 1 fully saturated rings. The fraction of sp³-hybridized carbons (Fsp3) is 0.800. The normalized spacial score (nSPS) is 22.3. The van der Waals surface area contributed by atoms with Crippen LogP contribution < -0.4 is 5.32 Å². The minimum atomic E-state index is -0.399. The molecule has 2 N–H and O–H groups in total. The molecule has 15 heavy (non-hydrogen) atoms. The maximum Gasteiger partial charge on any atom is 0.227 e. The molecule has 1 heterocycles. The molecule has 2 amide bonds. The van der Waals surface area contributed by atoms with Gasteiger partial charge >= 0.3 is 0 Å². The van der Waals surface area contributed by atoms with Crippen molar-refractivity contribution in [2.24, 2.45) is 5.92 Å². The maximum absolute atomic E-state index is 11.8. The van der Waals surface area contributed by atoms with Crippen LogP contribution in [-0.4, -0.2) is 48.1 Å². The lowest BCUT2D eigenvalue weighted by Gasteiger charge is -2.20. The number of rotatable bonds is 4. The van der Waals surface area contributed by atoms with E-state index < -0.39 is 6.10 Å². The molecule has 1 saturated heterocycles. The fourth-order valence-corrected chi connectivity index (χ4v) is 1.58. The van der Waals surface area contributed by atoms with Gasteiger partial charge in [0.15, 0.2) is 0 Å². The molecule has 0 aromatic heterocycles. The summed E-state index contributed by atoms with van der Waals surface area (Å²) in [6.07, 6.45) is 0.456. The zero-order chi connectivity index (χ0) is 11.4. The van der Waals surface area contributed by atoms with E-state index in [2.05, 4.69) is 5.32 Å². The Hall–Kier alpha value is -1.10. The Kier molecular flexibility index (Phi) is 4.08. The molecule has 0 aromatic rings. The Labute approximate surface area is 89.4 Å². The summed E-state index contributed by atoms with van der Waals surface area (Å²) in [5.74, 6) is -0.303. The zero-order valence-electron chi connectivity index (χ0n) is 9.19. The molecule has 0 aromatic carbocycles. The van der Waals surface area contributed by atoms with Gasteiger partial charge in [-0.05, 0) is 13.3 Å². The van der Waals surface area contributed by atoms with Crippen molar-refractivity contribution in [2.45, 2.75) is 25.9 Å². The van der Waals surface area contributed by atoms with Gasteiger partial charge in [0.05, 0.1) is 12.0 Å². The van der Waals surface area contributed by atoms with Gasteiger partial charge in [-0.1, -0.05) is 0 Å². The first-order valence-corrected chi connectivity index (χ1v) is 5.20. The van der Waals surface area contributed by atoms with E-state index in [1.54, 1.807) is 18.9 Å². The molecular weight excluding hydrogens is 196 g/mol. The third-order valence-corrected chi connectivity index (χ3v) is 2.59. The summed E-state index contributed by atoms with van der Waals surface area (Å²) in [6.45, 7) is 2.66. The number of nitrogens with one attached hydrogen (secondary N) is 1. The number of amides is 2. The minimum absolute atomic E-state index is 0.0194. The lowest BCUT2D eigenvalue weighted by atomic mass is 10.1. The van der Waals surface area contributed by atoms with Crippen LogP contribution >= 0.6 is 0 Å². The first-order chi connectivity index (χ1) is 7.00. The van der Waals surface area contributed by atoms with Crippen LogP contribution in [-0.2, 0) is 9.59 Å². The molecule has 0 spiro atoms. The highest BCUT2D eigenvalue weighted by molar-refractivity contribution is 5.89. The highest BCUT2D eigenvalue weighted by Gasteiger charge is 2.29. The predicted octanol–water partition coefficient (Wildman–Crippen LogP) is -0.648. The third kappa shape index (κ3) is 3.51. The van der Waals surface area contributed by atoms with Crippen molar-refractivity contribution in [3.8, 4) is 0 Å². The number of aliphatic hydroxyl groups excluding tert-OH is 1. The molecule has 0 saturated carbocycles. The number of hydrogen-bond acceptors (Lipinski definition) is 3. The first-order valence-electron chi connectivity index (χ1n) is 5.20. The average molecular weight is 214 g/mol. The van der Waals surface area contributed by atoms with Gasteiger partial charge in [-0.15, -0.1) is 0 Å². The fourth-order valence-electron chi connectivity index (χ4n) is 1.58. The molecule has 86 valence electrons. The summed E-state index contributed by atoms with van der Waals surface area (Å²) in [5.41, 5.74) is 0. The Balaban J connectivity index is 2.35. The van der Waals surface area contributed by atoms with Crippen molar-refractivity contribution >= 4 is 11.8 Å². The van der Waals surface area contributed by atoms with Crippen molar-refractivity contribution in [1.82, 2.24) is 10.2 Å². The van der Waals surface area contributed by atoms with Crippen molar-refractivity contribution in [2.75, 3.05) is 20.1 Å². The van der Waals surface area contributed by atoms with E-state index >= 15 is 0 Å². The summed E-state index contributed by atoms with van der Waals surface area (Å²) >= 11 is 0. The van der Waals surface area contributed by atoms with Gasteiger partial charge in [0.1, 0.15) is 0 Å². The van der Waals surface area contributed by atoms with Gasteiger partial charge in [0.2, 0.25) is 11.8 Å². The van der Waals surface area contributed by atoms with Crippen LogP contribution in [0.1, 0.15) is 19.8 Å². The number of hydrogen-bond donors (Lipinski definition) is 2. The molecule has 1 aliphatic heterocycles. The number of aliphatic hydroxyl groups is 1. The van der Waals surface area contributed by atoms with Gasteiger partial charge in [-0.25, -0.2) is 0 Å². The van der Waals surface area contributed by atoms with Crippen LogP contribution in [0.2, 0.25) is 0 Å². The summed E-state index contributed by atoms with van der Waals surface area (Å²) in [4.78, 5) is 24.3. The lowest BCUT2D eigenvalue weighted by Crippen LogP contribution is -2.35. The molecule has 5 nitrogen and oxygen atoms in total. The highest BCUT2D eigenvalue weighted by Crippen LogP contribution is 2.12. The molecule has 0 bridgehead atoms. The van der Waals surface area contributed by atoms with Gasteiger partial charge < -0.3 is 15.3 Å². The van der Waals surface area contributed by atoms with Crippen molar-refractivity contribution < 1.29 is 14.7 Å². The molecule has 1 aliphatic rings. The van der Waals surface area contributed by atoms with E-state index in [9.17, 15) is 9.59 Å². The number of nitrogens with zero attached hydrogens (tertiary/aromatic N) is 1. The van der Waals surface area contributed by atoms with Crippen LogP contribution in [0, 0.1) is 5.92 Å². The van der Waals surface area contributed by atoms with E-state index in [1.165, 1.54) is 0 Å². The van der Waals surface area contributed by atoms with Crippen molar-refractivity contribution in [3.63, 3.8) is 0 Å². The van der Waals surface area contributed by atoms with Gasteiger partial charge in [0.25, 0.3) is 0 Å². The van der Waals surface area contributed by atoms with E-state index in [1.807, 2.05) is 0 Å². The second kappa shape index (κ2) is 5.11. The molecular formula is C10H18N2O3. The molecule has 1 rings (SSSR count). The monoisotopic (exact) mass is 214 g/mol. The average Bonchev–Trinajstić information content (AvgIpc) is 2.60. The predicted molar refractivity (Wildman–Crippen MR) is 55.1 cm³/mol. The Morgan fingerprint density at radius 2 is 2.40 bits per heavy atom. The topological polar surface area (TPSA) is 69.6 Å². The zero-order valence-corrected chi connectivity index (χ0v) is 9.19. The van der Waals surface area contributed by atoms with Gasteiger partial charge in [-0.2, -0.15) is 0 Å². The number of carbonyl (C=O) groups excluding carboxylic acids is 2. The van der Waals surface area contributed by atoms with Crippen LogP contribution in [0.4, 0.5) is 0 Å². The Bertz CT molecular complexity index is 253. The molecule has 0 radical (unpaired) electrons. The number of carbonyl (C=O) groups is 2.